The molecule has 3 aromatic rings. The zero-order valence-electron chi connectivity index (χ0n) is 29.7. The molecule has 284 valence electrons. The van der Waals surface area contributed by atoms with Crippen LogP contribution in [0.25, 0.3) is 6.08 Å². The summed E-state index contributed by atoms with van der Waals surface area (Å²) in [6.07, 6.45) is 13.6. The highest BCUT2D eigenvalue weighted by molar-refractivity contribution is 9.10. The number of nitrogens with zero attached hydrogens (tertiary/aromatic N) is 5. The third-order valence-electron chi connectivity index (χ3n) is 4.85. The van der Waals surface area contributed by atoms with Crippen molar-refractivity contribution >= 4 is 52.1 Å². The molecule has 3 aromatic heterocycles. The van der Waals surface area contributed by atoms with Crippen LogP contribution in [0.1, 0.15) is 44.4 Å². The van der Waals surface area contributed by atoms with E-state index in [1.807, 2.05) is 0 Å². The van der Waals surface area contributed by atoms with Gasteiger partial charge in [0.2, 0.25) is 5.88 Å². The lowest BCUT2D eigenvalue weighted by molar-refractivity contribution is -0.143. The van der Waals surface area contributed by atoms with Gasteiger partial charge in [-0.15, -0.1) is 0 Å². The molecule has 3 rings (SSSR count). The number of ether oxygens (including phenoxy) is 6. The molecule has 0 aliphatic heterocycles. The molecule has 0 aliphatic carbocycles. The van der Waals surface area contributed by atoms with Gasteiger partial charge in [0.25, 0.3) is 0 Å². The van der Waals surface area contributed by atoms with Crippen molar-refractivity contribution < 1.29 is 46.7 Å². The largest absolute Gasteiger partial charge is 0.481 e. The van der Waals surface area contributed by atoms with Crippen LogP contribution in [0, 0.1) is 0 Å². The van der Waals surface area contributed by atoms with E-state index in [4.69, 9.17) is 29.4 Å². The van der Waals surface area contributed by atoms with Crippen LogP contribution in [-0.2, 0) is 28.6 Å². The van der Waals surface area contributed by atoms with Crippen molar-refractivity contribution in [2.75, 3.05) is 47.4 Å². The quantitative estimate of drug-likeness (QED) is 0.131. The standard InChI is InChI=1S/C11H16N2O3.C10H12N2O3.C5H5BrN2O.C5H8O2.CH3FS.H3N/c1-3-16-11(14)6-9(12)8-4-5-10(15-2)13-7-8;1-3-15-9(13)5-4-8-6-11-10(14-2)12-7-8;1-9-5-7-2-4(6)3-8-5;1-3-5(6)7-4-2;1-3-2;/h4-5,7,9H,3,6,12H2,1-2H3;4-7H,3H2,1-2H3;2-3H,1H3;3H,1,4H2,2H3;1H3;1H3/b;5-4+;;;;/t9-;;;;;/m0...../s1. The second-order valence-electron chi connectivity index (χ2n) is 8.34. The molecule has 0 amide bonds. The number of halogens is 2. The van der Waals surface area contributed by atoms with Crippen LogP contribution in [-0.4, -0.2) is 90.2 Å². The number of carbonyl (C=O) groups excluding carboxylic acids is 3. The van der Waals surface area contributed by atoms with Crippen molar-refractivity contribution in [1.29, 1.82) is 0 Å². The van der Waals surface area contributed by atoms with Crippen LogP contribution in [0.3, 0.4) is 0 Å². The first-order chi connectivity index (χ1) is 24.0. The summed E-state index contributed by atoms with van der Waals surface area (Å²) in [5, 5.41) is 0. The van der Waals surface area contributed by atoms with Crippen LogP contribution >= 0.6 is 28.1 Å². The van der Waals surface area contributed by atoms with Crippen molar-refractivity contribution in [3.63, 3.8) is 0 Å². The second kappa shape index (κ2) is 33.8. The van der Waals surface area contributed by atoms with E-state index in [1.54, 1.807) is 77.1 Å². The Bertz CT molecular complexity index is 1380. The Morgan fingerprint density at radius 3 is 1.73 bits per heavy atom. The summed E-state index contributed by atoms with van der Waals surface area (Å²) in [5.74, 6) is -0.520. The van der Waals surface area contributed by atoms with Crippen LogP contribution in [0.4, 0.5) is 3.89 Å². The molecule has 51 heavy (non-hydrogen) atoms. The second-order valence-corrected chi connectivity index (χ2v) is 9.56. The minimum absolute atomic E-state index is 0. The van der Waals surface area contributed by atoms with Gasteiger partial charge in [0.15, 0.2) is 0 Å². The molecule has 0 bridgehead atoms. The monoisotopic (exact) mass is 803 g/mol. The minimum atomic E-state index is -0.391. The molecule has 0 radical (unpaired) electrons. The summed E-state index contributed by atoms with van der Waals surface area (Å²) in [5.41, 5.74) is 7.33. The van der Waals surface area contributed by atoms with Crippen LogP contribution in [0.2, 0.25) is 0 Å². The minimum Gasteiger partial charge on any atom is -0.481 e. The van der Waals surface area contributed by atoms with Gasteiger partial charge >= 0.3 is 29.9 Å². The van der Waals surface area contributed by atoms with E-state index in [1.165, 1.54) is 26.6 Å². The molecule has 0 aromatic carbocycles. The van der Waals surface area contributed by atoms with Gasteiger partial charge in [-0.05, 0) is 48.3 Å². The van der Waals surface area contributed by atoms with E-state index in [9.17, 15) is 18.3 Å². The lowest BCUT2D eigenvalue weighted by Crippen LogP contribution is -2.17. The zero-order chi connectivity index (χ0) is 38.2. The van der Waals surface area contributed by atoms with E-state index < -0.39 is 6.04 Å². The maximum absolute atomic E-state index is 11.2. The van der Waals surface area contributed by atoms with E-state index >= 15 is 0 Å². The fraction of sp³-hybridized carbons (Fsp3) is 0.375. The number of nitrogens with two attached hydrogens (primary N) is 1. The molecule has 0 saturated heterocycles. The first-order valence-corrected chi connectivity index (χ1v) is 16.5. The summed E-state index contributed by atoms with van der Waals surface area (Å²) in [7, 11) is 4.56. The Hall–Kier alpha value is -4.72. The van der Waals surface area contributed by atoms with Gasteiger partial charge in [0, 0.05) is 79.2 Å². The predicted octanol–water partition coefficient (Wildman–Crippen LogP) is 5.48. The number of rotatable bonds is 12. The molecule has 0 fully saturated rings. The summed E-state index contributed by atoms with van der Waals surface area (Å²) < 4.78 is 39.5. The summed E-state index contributed by atoms with van der Waals surface area (Å²) in [6.45, 7) is 9.62. The highest BCUT2D eigenvalue weighted by Crippen LogP contribution is 2.16. The molecular weight excluding hydrogens is 757 g/mol. The lowest BCUT2D eigenvalue weighted by atomic mass is 10.1. The third kappa shape index (κ3) is 27.8. The molecule has 5 N–H and O–H groups in total. The summed E-state index contributed by atoms with van der Waals surface area (Å²) in [4.78, 5) is 51.7. The Kier molecular flexibility index (Phi) is 33.5. The number of hydrogen-bond donors (Lipinski definition) is 2. The molecule has 0 saturated carbocycles. The molecule has 0 spiro atoms. The van der Waals surface area contributed by atoms with Crippen molar-refractivity contribution in [2.24, 2.45) is 5.73 Å². The maximum Gasteiger partial charge on any atom is 0.330 e. The highest BCUT2D eigenvalue weighted by Gasteiger charge is 2.12. The topological polar surface area (TPSA) is 232 Å². The first-order valence-electron chi connectivity index (χ1n) is 14.6. The molecule has 19 heteroatoms. The smallest absolute Gasteiger partial charge is 0.330 e. The Morgan fingerprint density at radius 1 is 0.843 bits per heavy atom. The van der Waals surface area contributed by atoms with Gasteiger partial charge in [0.1, 0.15) is 0 Å². The number of methoxy groups -OCH3 is 3. The van der Waals surface area contributed by atoms with Crippen molar-refractivity contribution in [1.82, 2.24) is 31.1 Å². The van der Waals surface area contributed by atoms with Crippen LogP contribution < -0.4 is 26.1 Å². The maximum atomic E-state index is 11.2. The molecule has 3 heterocycles. The molecule has 16 nitrogen and oxygen atoms in total. The Morgan fingerprint density at radius 2 is 1.33 bits per heavy atom. The van der Waals surface area contributed by atoms with Crippen LogP contribution in [0.15, 0.2) is 66.3 Å². The Labute approximate surface area is 310 Å². The van der Waals surface area contributed by atoms with E-state index in [2.05, 4.69) is 52.2 Å². The predicted molar refractivity (Wildman–Crippen MR) is 196 cm³/mol. The molecule has 0 unspecified atom stereocenters. The SMILES string of the molecule is C=CC(=O)OCC.CCOC(=O)/C=C/c1cnc(OC)nc1.CCOC(=O)C[C@H](N)c1ccc(OC)nc1.COc1ncc(Br)cn1.CSF.N. The highest BCUT2D eigenvalue weighted by atomic mass is 79.9. The average Bonchev–Trinajstić information content (AvgIpc) is 3.13. The van der Waals surface area contributed by atoms with E-state index in [0.717, 1.165) is 16.1 Å². The van der Waals surface area contributed by atoms with Crippen molar-refractivity contribution in [3.05, 3.63) is 77.4 Å². The fourth-order valence-electron chi connectivity index (χ4n) is 2.73. The van der Waals surface area contributed by atoms with E-state index in [-0.39, 0.29) is 42.6 Å². The normalized spacial score (nSPS) is 9.76. The number of esters is 3. The number of hydrogen-bond acceptors (Lipinski definition) is 17. The molecule has 1 atom stereocenters. The van der Waals surface area contributed by atoms with Gasteiger partial charge in [-0.25, -0.2) is 34.5 Å². The number of aromatic nitrogens is 5. The van der Waals surface area contributed by atoms with Gasteiger partial charge < -0.3 is 40.3 Å². The zero-order valence-corrected chi connectivity index (χ0v) is 32.1. The van der Waals surface area contributed by atoms with Crippen LogP contribution in [0.5, 0.6) is 17.9 Å². The van der Waals surface area contributed by atoms with Gasteiger partial charge in [-0.1, -0.05) is 12.6 Å². The van der Waals surface area contributed by atoms with Crippen molar-refractivity contribution in [2.45, 2.75) is 33.2 Å². The Balaban J connectivity index is -0.000000608. The first kappa shape index (κ1) is 50.7. The molecule has 0 aliphatic rings. The lowest BCUT2D eigenvalue weighted by Gasteiger charge is -2.10. The van der Waals surface area contributed by atoms with Gasteiger partial charge in [0.05, 0.1) is 52.0 Å². The summed E-state index contributed by atoms with van der Waals surface area (Å²) >= 11 is 3.44. The van der Waals surface area contributed by atoms with Gasteiger partial charge in [-0.3, -0.25) is 4.79 Å². The van der Waals surface area contributed by atoms with Gasteiger partial charge in [-0.2, -0.15) is 3.89 Å². The van der Waals surface area contributed by atoms with E-state index in [0.29, 0.717) is 43.3 Å². The number of carbonyl (C=O) groups is 3. The molecular formula is C32H47BrFN7O9S. The fourth-order valence-corrected chi connectivity index (χ4v) is 2.93. The number of pyridine rings is 1. The third-order valence-corrected chi connectivity index (χ3v) is 5.26. The summed E-state index contributed by atoms with van der Waals surface area (Å²) in [6, 6.07) is 3.79. The van der Waals surface area contributed by atoms with Crippen molar-refractivity contribution in [3.8, 4) is 17.9 Å². The average molecular weight is 805 g/mol.